The van der Waals surface area contributed by atoms with Crippen LogP contribution in [0.4, 0.5) is 5.69 Å². The first-order valence-corrected chi connectivity index (χ1v) is 10.5. The summed E-state index contributed by atoms with van der Waals surface area (Å²) in [6, 6.07) is 5.02. The van der Waals surface area contributed by atoms with Crippen molar-refractivity contribution in [3.63, 3.8) is 0 Å². The van der Waals surface area contributed by atoms with Gasteiger partial charge in [-0.1, -0.05) is 34.6 Å². The second kappa shape index (κ2) is 11.8. The molecule has 0 aliphatic carbocycles. The van der Waals surface area contributed by atoms with Gasteiger partial charge in [-0.3, -0.25) is 4.79 Å². The molecule has 6 heteroatoms. The Balaban J connectivity index is 3.11. The minimum Gasteiger partial charge on any atom is -0.492 e. The molecule has 0 aromatic heterocycles. The molecule has 0 radical (unpaired) electrons. The van der Waals surface area contributed by atoms with Gasteiger partial charge in [0, 0.05) is 12.3 Å². The zero-order valence-electron chi connectivity index (χ0n) is 19.0. The number of carbonyl (C=O) groups is 2. The molecule has 0 fully saturated rings. The summed E-state index contributed by atoms with van der Waals surface area (Å²) in [6.45, 7) is 15.0. The standard InChI is InChI=1S/C23H37NO5/c1-8-12-29-23(7,14-16(3)4)22(26)24-18-10-11-20(28-15-17(5)6)19(13-18)21(25)27-9-2/h10-11,13,16-17H,8-9,12,14-15H2,1-7H3,(H,24,26)/t23-/m0/s1. The Morgan fingerprint density at radius 1 is 1.10 bits per heavy atom. The van der Waals surface area contributed by atoms with Gasteiger partial charge in [0.05, 0.1) is 13.2 Å². The molecule has 0 aliphatic heterocycles. The van der Waals surface area contributed by atoms with Crippen molar-refractivity contribution in [2.75, 3.05) is 25.1 Å². The van der Waals surface area contributed by atoms with E-state index in [4.69, 9.17) is 14.2 Å². The molecule has 29 heavy (non-hydrogen) atoms. The quantitative estimate of drug-likeness (QED) is 0.490. The van der Waals surface area contributed by atoms with Gasteiger partial charge in [-0.05, 0) is 56.7 Å². The van der Waals surface area contributed by atoms with Crippen molar-refractivity contribution in [2.45, 2.75) is 66.9 Å². The minimum absolute atomic E-state index is 0.231. The predicted octanol–water partition coefficient (Wildman–Crippen LogP) is 5.07. The van der Waals surface area contributed by atoms with Crippen molar-refractivity contribution < 1.29 is 23.8 Å². The van der Waals surface area contributed by atoms with Crippen LogP contribution in [-0.4, -0.2) is 37.3 Å². The molecule has 0 unspecified atom stereocenters. The highest BCUT2D eigenvalue weighted by molar-refractivity contribution is 5.99. The van der Waals surface area contributed by atoms with Crippen LogP contribution in [0.15, 0.2) is 18.2 Å². The third-order valence-corrected chi connectivity index (χ3v) is 4.21. The van der Waals surface area contributed by atoms with Gasteiger partial charge in [-0.2, -0.15) is 0 Å². The molecule has 6 nitrogen and oxygen atoms in total. The summed E-state index contributed by atoms with van der Waals surface area (Å²) in [7, 11) is 0. The van der Waals surface area contributed by atoms with Crippen LogP contribution in [0.2, 0.25) is 0 Å². The molecular formula is C23H37NO5. The highest BCUT2D eigenvalue weighted by atomic mass is 16.5. The normalized spacial score (nSPS) is 13.3. The van der Waals surface area contributed by atoms with E-state index in [0.717, 1.165) is 6.42 Å². The Morgan fingerprint density at radius 3 is 2.34 bits per heavy atom. The van der Waals surface area contributed by atoms with Crippen LogP contribution in [-0.2, 0) is 14.3 Å². The van der Waals surface area contributed by atoms with Crippen molar-refractivity contribution in [1.29, 1.82) is 0 Å². The number of hydrogen-bond acceptors (Lipinski definition) is 5. The number of hydrogen-bond donors (Lipinski definition) is 1. The first-order valence-electron chi connectivity index (χ1n) is 10.5. The fourth-order valence-corrected chi connectivity index (χ4v) is 2.95. The summed E-state index contributed by atoms with van der Waals surface area (Å²) in [5.74, 6) is 0.351. The second-order valence-electron chi connectivity index (χ2n) is 8.27. The van der Waals surface area contributed by atoms with Gasteiger partial charge in [0.15, 0.2) is 0 Å². The Bertz CT molecular complexity index is 671. The first kappa shape index (κ1) is 25.0. The largest absolute Gasteiger partial charge is 0.492 e. The van der Waals surface area contributed by atoms with Crippen molar-refractivity contribution >= 4 is 17.6 Å². The molecule has 1 N–H and O–H groups in total. The van der Waals surface area contributed by atoms with Crippen LogP contribution in [0.1, 0.15) is 71.7 Å². The number of rotatable bonds is 12. The van der Waals surface area contributed by atoms with E-state index < -0.39 is 11.6 Å². The molecule has 1 rings (SSSR count). The van der Waals surface area contributed by atoms with Gasteiger partial charge in [-0.15, -0.1) is 0 Å². The fraction of sp³-hybridized carbons (Fsp3) is 0.652. The number of ether oxygens (including phenoxy) is 3. The van der Waals surface area contributed by atoms with Crippen LogP contribution in [0.25, 0.3) is 0 Å². The molecule has 0 saturated heterocycles. The number of anilines is 1. The monoisotopic (exact) mass is 407 g/mol. The van der Waals surface area contributed by atoms with E-state index in [1.807, 2.05) is 27.7 Å². The van der Waals surface area contributed by atoms with Crippen molar-refractivity contribution in [2.24, 2.45) is 11.8 Å². The van der Waals surface area contributed by atoms with Crippen LogP contribution >= 0.6 is 0 Å². The van der Waals surface area contributed by atoms with Crippen molar-refractivity contribution in [1.82, 2.24) is 0 Å². The molecule has 0 aliphatic rings. The predicted molar refractivity (Wildman–Crippen MR) is 115 cm³/mol. The van der Waals surface area contributed by atoms with E-state index in [9.17, 15) is 9.59 Å². The topological polar surface area (TPSA) is 73.9 Å². The Morgan fingerprint density at radius 2 is 1.79 bits per heavy atom. The molecule has 1 amide bonds. The van der Waals surface area contributed by atoms with Gasteiger partial charge in [0.1, 0.15) is 16.9 Å². The van der Waals surface area contributed by atoms with E-state index in [1.54, 1.807) is 25.1 Å². The highest BCUT2D eigenvalue weighted by Crippen LogP contribution is 2.27. The minimum atomic E-state index is -0.943. The van der Waals surface area contributed by atoms with Gasteiger partial charge in [0.25, 0.3) is 5.91 Å². The molecule has 1 atom stereocenters. The lowest BCUT2D eigenvalue weighted by Crippen LogP contribution is -2.44. The van der Waals surface area contributed by atoms with Crippen LogP contribution in [0, 0.1) is 11.8 Å². The maximum Gasteiger partial charge on any atom is 0.341 e. The van der Waals surface area contributed by atoms with E-state index >= 15 is 0 Å². The molecule has 0 spiro atoms. The maximum absolute atomic E-state index is 13.0. The summed E-state index contributed by atoms with van der Waals surface area (Å²) < 4.78 is 16.8. The average molecular weight is 408 g/mol. The molecule has 0 bridgehead atoms. The molecule has 0 heterocycles. The van der Waals surface area contributed by atoms with Crippen molar-refractivity contribution in [3.05, 3.63) is 23.8 Å². The highest BCUT2D eigenvalue weighted by Gasteiger charge is 2.35. The summed E-state index contributed by atoms with van der Waals surface area (Å²) in [5, 5.41) is 2.90. The number of amides is 1. The van der Waals surface area contributed by atoms with Crippen LogP contribution < -0.4 is 10.1 Å². The SMILES string of the molecule is CCCO[C@@](C)(CC(C)C)C(=O)Nc1ccc(OCC(C)C)c(C(=O)OCC)c1. The van der Waals surface area contributed by atoms with Crippen LogP contribution in [0.3, 0.4) is 0 Å². The Hall–Kier alpha value is -2.08. The fourth-order valence-electron chi connectivity index (χ4n) is 2.95. The average Bonchev–Trinajstić information content (AvgIpc) is 2.64. The summed E-state index contributed by atoms with van der Waals surface area (Å²) in [4.78, 5) is 25.4. The Kier molecular flexibility index (Phi) is 10.2. The lowest BCUT2D eigenvalue weighted by atomic mass is 9.93. The van der Waals surface area contributed by atoms with E-state index in [-0.39, 0.29) is 12.5 Å². The molecule has 0 saturated carbocycles. The number of esters is 1. The zero-order valence-corrected chi connectivity index (χ0v) is 19.0. The summed E-state index contributed by atoms with van der Waals surface area (Å²) in [5.41, 5.74) is -0.142. The van der Waals surface area contributed by atoms with E-state index in [2.05, 4.69) is 19.2 Å². The summed E-state index contributed by atoms with van der Waals surface area (Å²) >= 11 is 0. The zero-order chi connectivity index (χ0) is 22.0. The molecule has 164 valence electrons. The lowest BCUT2D eigenvalue weighted by molar-refractivity contribution is -0.141. The van der Waals surface area contributed by atoms with Gasteiger partial charge in [0.2, 0.25) is 0 Å². The second-order valence-corrected chi connectivity index (χ2v) is 8.27. The van der Waals surface area contributed by atoms with E-state index in [0.29, 0.717) is 48.5 Å². The van der Waals surface area contributed by atoms with Gasteiger partial charge < -0.3 is 19.5 Å². The smallest absolute Gasteiger partial charge is 0.341 e. The third-order valence-electron chi connectivity index (χ3n) is 4.21. The van der Waals surface area contributed by atoms with E-state index in [1.165, 1.54) is 0 Å². The van der Waals surface area contributed by atoms with Crippen molar-refractivity contribution in [3.8, 4) is 5.75 Å². The number of benzene rings is 1. The maximum atomic E-state index is 13.0. The molecule has 1 aromatic rings. The number of carbonyl (C=O) groups excluding carboxylic acids is 2. The first-order chi connectivity index (χ1) is 13.6. The van der Waals surface area contributed by atoms with Gasteiger partial charge in [-0.25, -0.2) is 4.79 Å². The Labute approximate surface area is 175 Å². The molecule has 1 aromatic carbocycles. The summed E-state index contributed by atoms with van der Waals surface area (Å²) in [6.07, 6.45) is 1.43. The number of nitrogens with one attached hydrogen (secondary N) is 1. The van der Waals surface area contributed by atoms with Crippen LogP contribution in [0.5, 0.6) is 5.75 Å². The molecular weight excluding hydrogens is 370 g/mol. The van der Waals surface area contributed by atoms with Gasteiger partial charge >= 0.3 is 5.97 Å². The lowest BCUT2D eigenvalue weighted by Gasteiger charge is -2.30. The third kappa shape index (κ3) is 8.05.